The second-order valence-corrected chi connectivity index (χ2v) is 9.28. The fourth-order valence-electron chi connectivity index (χ4n) is 3.11. The lowest BCUT2D eigenvalue weighted by atomic mass is 10.1. The SMILES string of the molecule is [2H]C[C@@]1(COP(OCC[N+]#[C-])N(C(C)C)C(C)C)COC[C@H](n2ccc(C)nc2=O)O1. The van der Waals surface area contributed by atoms with Crippen LogP contribution in [-0.2, 0) is 18.5 Å². The second kappa shape index (κ2) is 11.3. The molecule has 1 aromatic rings. The molecule has 0 saturated carbocycles. The molecule has 1 saturated heterocycles. The Morgan fingerprint density at radius 1 is 1.47 bits per heavy atom. The highest BCUT2D eigenvalue weighted by atomic mass is 31.2. The molecule has 0 N–H and O–H groups in total. The lowest BCUT2D eigenvalue weighted by Gasteiger charge is -2.41. The number of hydrogen-bond donors (Lipinski definition) is 0. The van der Waals surface area contributed by atoms with Gasteiger partial charge in [0.2, 0.25) is 6.54 Å². The Labute approximate surface area is 181 Å². The number of hydrogen-bond acceptors (Lipinski definition) is 7. The van der Waals surface area contributed by atoms with E-state index in [0.717, 1.165) is 0 Å². The van der Waals surface area contributed by atoms with Crippen molar-refractivity contribution < 1.29 is 19.9 Å². The molecule has 0 radical (unpaired) electrons. The van der Waals surface area contributed by atoms with Crippen molar-refractivity contribution in [1.82, 2.24) is 14.2 Å². The maximum absolute atomic E-state index is 12.3. The van der Waals surface area contributed by atoms with E-state index in [-0.39, 0.29) is 52.0 Å². The zero-order valence-corrected chi connectivity index (χ0v) is 19.3. The van der Waals surface area contributed by atoms with Gasteiger partial charge in [0.15, 0.2) is 6.23 Å². The van der Waals surface area contributed by atoms with Gasteiger partial charge in [-0.05, 0) is 47.6 Å². The van der Waals surface area contributed by atoms with Crippen LogP contribution in [0.25, 0.3) is 4.85 Å². The maximum atomic E-state index is 12.3. The van der Waals surface area contributed by atoms with Crippen molar-refractivity contribution in [2.75, 3.05) is 33.0 Å². The van der Waals surface area contributed by atoms with Crippen LogP contribution < -0.4 is 5.69 Å². The molecule has 1 aromatic heterocycles. The third kappa shape index (κ3) is 6.81. The van der Waals surface area contributed by atoms with E-state index in [9.17, 15) is 4.79 Å². The molecular formula is C20H33N4O5P. The Morgan fingerprint density at radius 2 is 2.20 bits per heavy atom. The Bertz CT molecular complexity index is 795. The number of rotatable bonds is 10. The summed E-state index contributed by atoms with van der Waals surface area (Å²) in [5, 5.41) is 0. The topological polar surface area (TPSA) is 79.4 Å². The van der Waals surface area contributed by atoms with E-state index in [1.807, 2.05) is 0 Å². The molecule has 1 fully saturated rings. The smallest absolute Gasteiger partial charge is 0.349 e. The maximum Gasteiger partial charge on any atom is 0.349 e. The fraction of sp³-hybridized carbons (Fsp3) is 0.750. The Kier molecular flexibility index (Phi) is 8.75. The number of ether oxygens (including phenoxy) is 2. The minimum atomic E-state index is -1.47. The summed E-state index contributed by atoms with van der Waals surface area (Å²) in [4.78, 5) is 19.6. The van der Waals surface area contributed by atoms with Crippen LogP contribution >= 0.6 is 8.53 Å². The van der Waals surface area contributed by atoms with E-state index in [1.54, 1.807) is 19.2 Å². The van der Waals surface area contributed by atoms with Gasteiger partial charge in [-0.1, -0.05) is 0 Å². The summed E-state index contributed by atoms with van der Waals surface area (Å²) in [7, 11) is -1.47. The molecule has 0 spiro atoms. The average molecular weight is 441 g/mol. The van der Waals surface area contributed by atoms with E-state index in [1.165, 1.54) is 4.57 Å². The summed E-state index contributed by atoms with van der Waals surface area (Å²) in [6.45, 7) is 17.8. The zero-order valence-electron chi connectivity index (χ0n) is 19.4. The van der Waals surface area contributed by atoms with Gasteiger partial charge in [-0.25, -0.2) is 16.0 Å². The van der Waals surface area contributed by atoms with Crippen molar-refractivity contribution in [3.63, 3.8) is 0 Å². The van der Waals surface area contributed by atoms with Gasteiger partial charge in [0.1, 0.15) is 12.2 Å². The predicted octanol–water partition coefficient (Wildman–Crippen LogP) is 3.15. The van der Waals surface area contributed by atoms with Crippen LogP contribution in [0.4, 0.5) is 0 Å². The van der Waals surface area contributed by atoms with Crippen LogP contribution in [0.5, 0.6) is 0 Å². The molecule has 9 nitrogen and oxygen atoms in total. The second-order valence-electron chi connectivity index (χ2n) is 7.82. The molecule has 2 rings (SSSR count). The molecule has 1 aliphatic rings. The molecular weight excluding hydrogens is 407 g/mol. The highest BCUT2D eigenvalue weighted by Gasteiger charge is 2.38. The predicted molar refractivity (Wildman–Crippen MR) is 115 cm³/mol. The summed E-state index contributed by atoms with van der Waals surface area (Å²) in [5.41, 5.74) is -0.847. The normalized spacial score (nSPS) is 23.6. The van der Waals surface area contributed by atoms with Crippen LogP contribution in [0, 0.1) is 13.5 Å². The van der Waals surface area contributed by atoms with Crippen molar-refractivity contribution in [3.8, 4) is 0 Å². The van der Waals surface area contributed by atoms with Crippen molar-refractivity contribution >= 4 is 8.53 Å². The van der Waals surface area contributed by atoms with Crippen LogP contribution in [0.3, 0.4) is 0 Å². The number of aromatic nitrogens is 2. The molecule has 3 atom stereocenters. The minimum absolute atomic E-state index is 0.0701. The van der Waals surface area contributed by atoms with Gasteiger partial charge in [0.25, 0.3) is 8.53 Å². The average Bonchev–Trinajstić information content (AvgIpc) is 2.71. The first-order chi connectivity index (χ1) is 14.7. The van der Waals surface area contributed by atoms with Crippen LogP contribution in [0.15, 0.2) is 17.1 Å². The monoisotopic (exact) mass is 441 g/mol. The van der Waals surface area contributed by atoms with E-state index in [0.29, 0.717) is 5.69 Å². The number of aryl methyl sites for hydroxylation is 1. The van der Waals surface area contributed by atoms with Gasteiger partial charge >= 0.3 is 5.69 Å². The van der Waals surface area contributed by atoms with Gasteiger partial charge < -0.3 is 23.4 Å². The van der Waals surface area contributed by atoms with Crippen LogP contribution in [0.2, 0.25) is 0 Å². The summed E-state index contributed by atoms with van der Waals surface area (Å²) in [6, 6.07) is 2.06. The van der Waals surface area contributed by atoms with Gasteiger partial charge in [-0.2, -0.15) is 4.98 Å². The lowest BCUT2D eigenvalue weighted by molar-refractivity contribution is -0.227. The summed E-state index contributed by atoms with van der Waals surface area (Å²) in [6.07, 6.45) is 0.933. The Hall–Kier alpha value is -1.40. The molecule has 0 aliphatic carbocycles. The van der Waals surface area contributed by atoms with Gasteiger partial charge in [-0.15, -0.1) is 0 Å². The highest BCUT2D eigenvalue weighted by molar-refractivity contribution is 7.44. The van der Waals surface area contributed by atoms with Crippen molar-refractivity contribution in [2.45, 2.75) is 65.4 Å². The molecule has 10 heteroatoms. The molecule has 0 amide bonds. The first kappa shape index (κ1) is 23.3. The van der Waals surface area contributed by atoms with Crippen LogP contribution in [-0.4, -0.2) is 64.9 Å². The first-order valence-electron chi connectivity index (χ1n) is 10.7. The first-order valence-corrected chi connectivity index (χ1v) is 11.1. The van der Waals surface area contributed by atoms with E-state index >= 15 is 0 Å². The summed E-state index contributed by atoms with van der Waals surface area (Å²) >= 11 is 0. The fourth-order valence-corrected chi connectivity index (χ4v) is 4.79. The molecule has 2 heterocycles. The van der Waals surface area contributed by atoms with Crippen LogP contribution in [0.1, 0.15) is 47.9 Å². The van der Waals surface area contributed by atoms with E-state index in [4.69, 9.17) is 26.5 Å². The van der Waals surface area contributed by atoms with Crippen molar-refractivity contribution in [1.29, 1.82) is 0 Å². The number of nitrogens with zero attached hydrogens (tertiary/aromatic N) is 4. The minimum Gasteiger partial charge on any atom is -0.374 e. The summed E-state index contributed by atoms with van der Waals surface area (Å²) in [5.74, 6) is 0. The van der Waals surface area contributed by atoms with Gasteiger partial charge in [-0.3, -0.25) is 4.57 Å². The molecule has 1 aliphatic heterocycles. The third-order valence-corrected chi connectivity index (χ3v) is 6.43. The highest BCUT2D eigenvalue weighted by Crippen LogP contribution is 2.47. The molecule has 168 valence electrons. The zero-order chi connectivity index (χ0) is 23.0. The molecule has 30 heavy (non-hydrogen) atoms. The molecule has 0 bridgehead atoms. The van der Waals surface area contributed by atoms with E-state index in [2.05, 4.69) is 42.2 Å². The van der Waals surface area contributed by atoms with E-state index < -0.39 is 26.0 Å². The Balaban J connectivity index is 2.16. The summed E-state index contributed by atoms with van der Waals surface area (Å²) < 4.78 is 35.6. The van der Waals surface area contributed by atoms with Gasteiger partial charge in [0, 0.05) is 25.3 Å². The molecule has 0 aromatic carbocycles. The largest absolute Gasteiger partial charge is 0.374 e. The standard InChI is InChI=1S/C20H33N4O5P/c1-15(2)24(16(3)4)30(27-11-9-21-7)28-14-20(6)13-26-12-18(29-20)23-10-8-17(5)22-19(23)25/h8,10,15-16,18H,9,11-14H2,1-6H3/t18-,20+,30?/m1/s1/i6D. The quantitative estimate of drug-likeness (QED) is 0.314. The Morgan fingerprint density at radius 3 is 2.80 bits per heavy atom. The third-order valence-electron chi connectivity index (χ3n) is 4.38. The molecule has 1 unspecified atom stereocenters. The van der Waals surface area contributed by atoms with Gasteiger partial charge in [0.05, 0.1) is 19.8 Å². The lowest BCUT2D eigenvalue weighted by Crippen LogP contribution is -2.48. The van der Waals surface area contributed by atoms with Crippen molar-refractivity contribution in [2.24, 2.45) is 0 Å². The van der Waals surface area contributed by atoms with Crippen molar-refractivity contribution in [3.05, 3.63) is 39.9 Å².